The van der Waals surface area contributed by atoms with Gasteiger partial charge in [-0.05, 0) is 42.5 Å². The topological polar surface area (TPSA) is 89.8 Å². The Balaban J connectivity index is 1.94. The normalized spacial score (nSPS) is 20.0. The van der Waals surface area contributed by atoms with Crippen molar-refractivity contribution in [3.63, 3.8) is 0 Å². The van der Waals surface area contributed by atoms with Gasteiger partial charge in [-0.2, -0.15) is 0 Å². The Bertz CT molecular complexity index is 1190. The summed E-state index contributed by atoms with van der Waals surface area (Å²) in [5.41, 5.74) is 0.397. The second-order valence-electron chi connectivity index (χ2n) is 9.15. The first kappa shape index (κ1) is 22.6. The van der Waals surface area contributed by atoms with Crippen LogP contribution in [-0.4, -0.2) is 23.2 Å². The average molecular weight is 452 g/mol. The molecular weight excluding hydrogens is 427 g/mol. The number of carbonyl (C=O) groups is 2. The first-order valence-electron chi connectivity index (χ1n) is 10.9. The van der Waals surface area contributed by atoms with Gasteiger partial charge in [0.05, 0.1) is 17.6 Å². The van der Waals surface area contributed by atoms with Crippen LogP contribution < -0.4 is 9.64 Å². The van der Waals surface area contributed by atoms with E-state index in [1.54, 1.807) is 31.2 Å². The zero-order valence-electron chi connectivity index (χ0n) is 18.8. The predicted octanol–water partition coefficient (Wildman–Crippen LogP) is 5.30. The maximum atomic E-state index is 14.7. The molecule has 0 radical (unpaired) electrons. The van der Waals surface area contributed by atoms with E-state index in [1.807, 2.05) is 13.8 Å². The lowest BCUT2D eigenvalue weighted by molar-refractivity contribution is -0.384. The number of allylic oxidation sites excluding steroid dienone is 2. The molecule has 33 heavy (non-hydrogen) atoms. The third-order valence-electron chi connectivity index (χ3n) is 6.12. The molecule has 4 rings (SSSR count). The van der Waals surface area contributed by atoms with Crippen molar-refractivity contribution in [1.29, 1.82) is 0 Å². The molecule has 1 aliphatic carbocycles. The second kappa shape index (κ2) is 8.42. The van der Waals surface area contributed by atoms with E-state index in [9.17, 15) is 24.1 Å². The number of amides is 1. The predicted molar refractivity (Wildman–Crippen MR) is 121 cm³/mol. The van der Waals surface area contributed by atoms with Crippen molar-refractivity contribution in [2.24, 2.45) is 5.41 Å². The lowest BCUT2D eigenvalue weighted by atomic mass is 9.69. The summed E-state index contributed by atoms with van der Waals surface area (Å²) in [6, 6.07) is 10.4. The summed E-state index contributed by atoms with van der Waals surface area (Å²) in [7, 11) is 0. The van der Waals surface area contributed by atoms with E-state index in [0.717, 1.165) is 0 Å². The van der Waals surface area contributed by atoms with Crippen LogP contribution in [0.4, 0.5) is 15.8 Å². The fourth-order valence-corrected chi connectivity index (χ4v) is 4.81. The van der Waals surface area contributed by atoms with Crippen LogP contribution in [0.5, 0.6) is 5.75 Å². The maximum absolute atomic E-state index is 14.7. The molecule has 2 aromatic rings. The van der Waals surface area contributed by atoms with E-state index in [1.165, 1.54) is 23.1 Å². The number of benzene rings is 2. The summed E-state index contributed by atoms with van der Waals surface area (Å²) in [4.78, 5) is 39.4. The zero-order chi connectivity index (χ0) is 23.9. The number of nitro benzene ring substituents is 1. The highest BCUT2D eigenvalue weighted by molar-refractivity contribution is 6.08. The molecule has 2 aliphatic rings. The lowest BCUT2D eigenvalue weighted by Crippen LogP contribution is -2.44. The van der Waals surface area contributed by atoms with Gasteiger partial charge in [0.25, 0.3) is 5.69 Å². The Morgan fingerprint density at radius 1 is 1.18 bits per heavy atom. The van der Waals surface area contributed by atoms with Gasteiger partial charge in [-0.25, -0.2) is 4.39 Å². The quantitative estimate of drug-likeness (QED) is 0.454. The van der Waals surface area contributed by atoms with Crippen LogP contribution in [0.25, 0.3) is 0 Å². The van der Waals surface area contributed by atoms with Crippen molar-refractivity contribution in [2.75, 3.05) is 11.5 Å². The minimum absolute atomic E-state index is 0.0819. The molecular formula is C25H25FN2O5. The first-order valence-corrected chi connectivity index (χ1v) is 10.9. The van der Waals surface area contributed by atoms with Crippen molar-refractivity contribution >= 4 is 23.1 Å². The molecule has 1 heterocycles. The fourth-order valence-electron chi connectivity index (χ4n) is 4.81. The van der Waals surface area contributed by atoms with Gasteiger partial charge in [0, 0.05) is 30.0 Å². The summed E-state index contributed by atoms with van der Waals surface area (Å²) in [5.74, 6) is -1.48. The highest BCUT2D eigenvalue weighted by Gasteiger charge is 2.46. The molecule has 1 aliphatic heterocycles. The second-order valence-corrected chi connectivity index (χ2v) is 9.15. The van der Waals surface area contributed by atoms with Gasteiger partial charge in [-0.1, -0.05) is 32.0 Å². The van der Waals surface area contributed by atoms with E-state index in [4.69, 9.17) is 4.74 Å². The molecule has 172 valence electrons. The standard InChI is InChI=1S/C25H25FN2O5/c1-4-33-15-9-10-19(20(11-15)28(31)32)27-21-13-25(2,3)14-22(29)24(21)17(12-23(27)30)16-7-5-6-8-18(16)26/h5-11,17H,4,12-14H2,1-3H3. The van der Waals surface area contributed by atoms with Crippen LogP contribution >= 0.6 is 0 Å². The molecule has 0 saturated carbocycles. The minimum atomic E-state index is -0.727. The van der Waals surface area contributed by atoms with E-state index in [-0.39, 0.29) is 35.6 Å². The van der Waals surface area contributed by atoms with Crippen molar-refractivity contribution in [1.82, 2.24) is 0 Å². The summed E-state index contributed by atoms with van der Waals surface area (Å²) >= 11 is 0. The number of Topliss-reactive ketones (excluding diaryl/α,β-unsaturated/α-hetero) is 1. The van der Waals surface area contributed by atoms with Gasteiger partial charge in [-0.3, -0.25) is 24.6 Å². The third-order valence-corrected chi connectivity index (χ3v) is 6.12. The minimum Gasteiger partial charge on any atom is -0.494 e. The van der Waals surface area contributed by atoms with Crippen molar-refractivity contribution in [3.05, 3.63) is 75.2 Å². The first-order chi connectivity index (χ1) is 15.6. The number of carbonyl (C=O) groups excluding carboxylic acids is 2. The number of nitro groups is 1. The van der Waals surface area contributed by atoms with E-state index in [2.05, 4.69) is 0 Å². The monoisotopic (exact) mass is 452 g/mol. The van der Waals surface area contributed by atoms with Crippen LogP contribution in [0.2, 0.25) is 0 Å². The maximum Gasteiger partial charge on any atom is 0.297 e. The van der Waals surface area contributed by atoms with Crippen LogP contribution in [-0.2, 0) is 9.59 Å². The molecule has 7 nitrogen and oxygen atoms in total. The smallest absolute Gasteiger partial charge is 0.297 e. The summed E-state index contributed by atoms with van der Waals surface area (Å²) < 4.78 is 20.1. The number of rotatable bonds is 5. The Labute approximate surface area is 191 Å². The van der Waals surface area contributed by atoms with Crippen LogP contribution in [0.3, 0.4) is 0 Å². The van der Waals surface area contributed by atoms with Gasteiger partial charge in [0.15, 0.2) is 5.78 Å². The van der Waals surface area contributed by atoms with Gasteiger partial charge in [0.1, 0.15) is 17.3 Å². The number of hydrogen-bond donors (Lipinski definition) is 0. The average Bonchev–Trinajstić information content (AvgIpc) is 2.73. The summed E-state index contributed by atoms with van der Waals surface area (Å²) in [6.07, 6.45) is 0.454. The van der Waals surface area contributed by atoms with Crippen molar-refractivity contribution in [2.45, 2.75) is 46.0 Å². The number of ether oxygens (including phenoxy) is 1. The fraction of sp³-hybridized carbons (Fsp3) is 0.360. The zero-order valence-corrected chi connectivity index (χ0v) is 18.8. The molecule has 0 spiro atoms. The molecule has 0 N–H and O–H groups in total. The summed E-state index contributed by atoms with van der Waals surface area (Å²) in [5, 5.41) is 11.9. The van der Waals surface area contributed by atoms with E-state index < -0.39 is 28.0 Å². The highest BCUT2D eigenvalue weighted by Crippen LogP contribution is 2.50. The molecule has 0 saturated heterocycles. The lowest BCUT2D eigenvalue weighted by Gasteiger charge is -2.42. The Kier molecular flexibility index (Phi) is 5.78. The SMILES string of the molecule is CCOc1ccc(N2C(=O)CC(c3ccccc3F)C3=C2CC(C)(C)CC3=O)c([N+](=O)[O-])c1. The summed E-state index contributed by atoms with van der Waals surface area (Å²) in [6.45, 7) is 5.93. The van der Waals surface area contributed by atoms with Crippen LogP contribution in [0.1, 0.15) is 51.5 Å². The van der Waals surface area contributed by atoms with Crippen LogP contribution in [0, 0.1) is 21.3 Å². The van der Waals surface area contributed by atoms with Gasteiger partial charge in [-0.15, -0.1) is 0 Å². The van der Waals surface area contributed by atoms with E-state index >= 15 is 0 Å². The molecule has 2 aromatic carbocycles. The Morgan fingerprint density at radius 2 is 1.91 bits per heavy atom. The Morgan fingerprint density at radius 3 is 2.58 bits per heavy atom. The Hall–Kier alpha value is -3.55. The molecule has 0 bridgehead atoms. The number of ketones is 1. The number of nitrogens with zero attached hydrogens (tertiary/aromatic N) is 2. The molecule has 8 heteroatoms. The molecule has 1 unspecified atom stereocenters. The van der Waals surface area contributed by atoms with Gasteiger partial charge >= 0.3 is 0 Å². The van der Waals surface area contributed by atoms with Crippen LogP contribution in [0.15, 0.2) is 53.7 Å². The molecule has 1 atom stereocenters. The van der Waals surface area contributed by atoms with Crippen molar-refractivity contribution < 1.29 is 23.6 Å². The van der Waals surface area contributed by atoms with E-state index in [0.29, 0.717) is 30.0 Å². The van der Waals surface area contributed by atoms with Crippen molar-refractivity contribution in [3.8, 4) is 5.75 Å². The number of halogens is 1. The molecule has 0 aromatic heterocycles. The highest BCUT2D eigenvalue weighted by atomic mass is 19.1. The molecule has 0 fully saturated rings. The largest absolute Gasteiger partial charge is 0.494 e. The molecule has 1 amide bonds. The number of hydrogen-bond acceptors (Lipinski definition) is 5. The van der Waals surface area contributed by atoms with Gasteiger partial charge in [0.2, 0.25) is 5.91 Å². The third kappa shape index (κ3) is 4.13. The van der Waals surface area contributed by atoms with Gasteiger partial charge < -0.3 is 4.74 Å². The number of anilines is 1.